The quantitative estimate of drug-likeness (QED) is 0.195. The summed E-state index contributed by atoms with van der Waals surface area (Å²) in [5, 5.41) is 13.9. The van der Waals surface area contributed by atoms with Gasteiger partial charge in [0.25, 0.3) is 0 Å². The molecular formula is C22H47N3O3. The van der Waals surface area contributed by atoms with E-state index in [1.807, 2.05) is 0 Å². The zero-order chi connectivity index (χ0) is 21.6. The smallest absolute Gasteiger partial charge is 0.450 e. The van der Waals surface area contributed by atoms with Gasteiger partial charge >= 0.3 is 6.16 Å². The average Bonchev–Trinajstić information content (AvgIpc) is 2.60. The maximum Gasteiger partial charge on any atom is 0.503 e. The summed E-state index contributed by atoms with van der Waals surface area (Å²) in [6.45, 7) is 3.25. The van der Waals surface area contributed by atoms with Crippen LogP contribution in [-0.4, -0.2) is 66.9 Å². The summed E-state index contributed by atoms with van der Waals surface area (Å²) in [6.07, 6.45) is 17.9. The number of guanidine groups is 1. The molecule has 0 heterocycles. The fourth-order valence-electron chi connectivity index (χ4n) is 3.17. The van der Waals surface area contributed by atoms with E-state index in [-0.39, 0.29) is 0 Å². The molecule has 0 aromatic heterocycles. The van der Waals surface area contributed by atoms with Gasteiger partial charge in [-0.15, -0.1) is 0 Å². The first-order valence-electron chi connectivity index (χ1n) is 11.1. The minimum absolute atomic E-state index is 0.962. The highest BCUT2D eigenvalue weighted by Crippen LogP contribution is 2.12. The molecule has 6 nitrogen and oxygen atoms in total. The molecule has 2 N–H and O–H groups in total. The second-order valence-corrected chi connectivity index (χ2v) is 7.85. The number of unbranched alkanes of at least 4 members (excludes halogenated alkanes) is 13. The van der Waals surface area contributed by atoms with Gasteiger partial charge in [-0.25, -0.2) is 4.79 Å². The van der Waals surface area contributed by atoms with Gasteiger partial charge in [0.2, 0.25) is 0 Å². The second-order valence-electron chi connectivity index (χ2n) is 7.85. The summed E-state index contributed by atoms with van der Waals surface area (Å²) < 4.78 is 0. The Morgan fingerprint density at radius 3 is 1.21 bits per heavy atom. The number of aliphatic imine (C=N–C) groups is 1. The van der Waals surface area contributed by atoms with Crippen molar-refractivity contribution in [1.29, 1.82) is 0 Å². The molecule has 28 heavy (non-hydrogen) atoms. The van der Waals surface area contributed by atoms with Gasteiger partial charge in [-0.05, 0) is 6.42 Å². The van der Waals surface area contributed by atoms with E-state index >= 15 is 0 Å². The van der Waals surface area contributed by atoms with E-state index in [0.29, 0.717) is 0 Å². The summed E-state index contributed by atoms with van der Waals surface area (Å²) in [5.41, 5.74) is 0. The summed E-state index contributed by atoms with van der Waals surface area (Å²) in [5.74, 6) is 1.07. The molecule has 0 fully saturated rings. The largest absolute Gasteiger partial charge is 0.503 e. The van der Waals surface area contributed by atoms with Crippen LogP contribution in [0.4, 0.5) is 4.79 Å². The molecule has 0 aliphatic heterocycles. The number of nitrogens with zero attached hydrogens (tertiary/aromatic N) is 3. The Morgan fingerprint density at radius 2 is 0.929 bits per heavy atom. The third kappa shape index (κ3) is 24.5. The van der Waals surface area contributed by atoms with Crippen LogP contribution in [0.15, 0.2) is 4.99 Å². The fraction of sp³-hybridized carbons (Fsp3) is 0.909. The first-order chi connectivity index (χ1) is 13.3. The number of carboxylic acid groups (broad SMARTS) is 2. The molecule has 0 amide bonds. The van der Waals surface area contributed by atoms with Crippen molar-refractivity contribution < 1.29 is 15.0 Å². The van der Waals surface area contributed by atoms with Crippen LogP contribution in [0.25, 0.3) is 0 Å². The third-order valence-electron chi connectivity index (χ3n) is 4.56. The Hall–Kier alpha value is -1.46. The van der Waals surface area contributed by atoms with Gasteiger partial charge in [-0.2, -0.15) is 0 Å². The summed E-state index contributed by atoms with van der Waals surface area (Å²) in [7, 11) is 8.24. The van der Waals surface area contributed by atoms with Gasteiger partial charge in [-0.1, -0.05) is 90.4 Å². The lowest BCUT2D eigenvalue weighted by atomic mass is 10.0. The lowest BCUT2D eigenvalue weighted by Gasteiger charge is -2.22. The highest BCUT2D eigenvalue weighted by Gasteiger charge is 2.02. The van der Waals surface area contributed by atoms with Gasteiger partial charge in [0.15, 0.2) is 5.96 Å². The second kappa shape index (κ2) is 21.8. The fourth-order valence-corrected chi connectivity index (χ4v) is 3.17. The van der Waals surface area contributed by atoms with Crippen LogP contribution in [0.2, 0.25) is 0 Å². The molecule has 0 spiro atoms. The van der Waals surface area contributed by atoms with Crippen molar-refractivity contribution in [3.8, 4) is 0 Å². The molecular weight excluding hydrogens is 354 g/mol. The number of hydrogen-bond acceptors (Lipinski definition) is 2. The minimum Gasteiger partial charge on any atom is -0.450 e. The van der Waals surface area contributed by atoms with Crippen LogP contribution in [0.1, 0.15) is 96.8 Å². The van der Waals surface area contributed by atoms with Gasteiger partial charge in [0.1, 0.15) is 0 Å². The van der Waals surface area contributed by atoms with Crippen molar-refractivity contribution in [3.05, 3.63) is 0 Å². The summed E-state index contributed by atoms with van der Waals surface area (Å²) >= 11 is 0. The van der Waals surface area contributed by atoms with Crippen LogP contribution >= 0.6 is 0 Å². The van der Waals surface area contributed by atoms with Gasteiger partial charge in [-0.3, -0.25) is 4.99 Å². The highest BCUT2D eigenvalue weighted by molar-refractivity contribution is 5.79. The van der Waals surface area contributed by atoms with E-state index in [1.54, 1.807) is 0 Å². The van der Waals surface area contributed by atoms with Gasteiger partial charge in [0.05, 0.1) is 0 Å². The van der Waals surface area contributed by atoms with Crippen molar-refractivity contribution in [2.75, 3.05) is 34.7 Å². The zero-order valence-electron chi connectivity index (χ0n) is 19.3. The maximum atomic E-state index is 8.56. The molecule has 0 rings (SSSR count). The van der Waals surface area contributed by atoms with E-state index in [2.05, 4.69) is 49.9 Å². The SMILES string of the molecule is CCCCCCCCCCCCCCCCN=C(N(C)C)N(C)C.O=C(O)O. The van der Waals surface area contributed by atoms with Crippen LogP contribution < -0.4 is 0 Å². The monoisotopic (exact) mass is 401 g/mol. The Bertz CT molecular complexity index is 358. The predicted octanol–water partition coefficient (Wildman–Crippen LogP) is 6.17. The number of carbonyl (C=O) groups is 1. The Kier molecular flexibility index (Phi) is 22.4. The zero-order valence-corrected chi connectivity index (χ0v) is 19.3. The van der Waals surface area contributed by atoms with Gasteiger partial charge < -0.3 is 20.0 Å². The molecule has 0 atom stereocenters. The van der Waals surface area contributed by atoms with Crippen LogP contribution in [-0.2, 0) is 0 Å². The Labute approximate surface area is 174 Å². The lowest BCUT2D eigenvalue weighted by molar-refractivity contribution is 0.137. The molecule has 0 aliphatic carbocycles. The van der Waals surface area contributed by atoms with Gasteiger partial charge in [0, 0.05) is 34.7 Å². The lowest BCUT2D eigenvalue weighted by Crippen LogP contribution is -2.35. The molecule has 0 aromatic carbocycles. The van der Waals surface area contributed by atoms with Crippen LogP contribution in [0.5, 0.6) is 0 Å². The van der Waals surface area contributed by atoms with Crippen molar-refractivity contribution in [2.24, 2.45) is 4.99 Å². The maximum absolute atomic E-state index is 8.56. The number of rotatable bonds is 15. The Balaban J connectivity index is 0. The number of hydrogen-bond donors (Lipinski definition) is 2. The van der Waals surface area contributed by atoms with Crippen molar-refractivity contribution in [2.45, 2.75) is 96.8 Å². The van der Waals surface area contributed by atoms with Crippen molar-refractivity contribution in [3.63, 3.8) is 0 Å². The van der Waals surface area contributed by atoms with E-state index < -0.39 is 6.16 Å². The minimum atomic E-state index is -1.83. The van der Waals surface area contributed by atoms with E-state index in [4.69, 9.17) is 15.0 Å². The molecule has 0 aliphatic rings. The molecule has 0 saturated heterocycles. The third-order valence-corrected chi connectivity index (χ3v) is 4.56. The van der Waals surface area contributed by atoms with E-state index in [0.717, 1.165) is 12.5 Å². The summed E-state index contributed by atoms with van der Waals surface area (Å²) in [4.78, 5) is 17.4. The van der Waals surface area contributed by atoms with E-state index in [9.17, 15) is 0 Å². The van der Waals surface area contributed by atoms with Crippen molar-refractivity contribution >= 4 is 12.1 Å². The average molecular weight is 402 g/mol. The molecule has 0 bridgehead atoms. The summed E-state index contributed by atoms with van der Waals surface area (Å²) in [6, 6.07) is 0. The highest BCUT2D eigenvalue weighted by atomic mass is 16.6. The van der Waals surface area contributed by atoms with Crippen molar-refractivity contribution in [1.82, 2.24) is 9.80 Å². The Morgan fingerprint density at radius 1 is 0.643 bits per heavy atom. The normalized spacial score (nSPS) is 10.0. The molecule has 0 unspecified atom stereocenters. The molecule has 0 aromatic rings. The van der Waals surface area contributed by atoms with Crippen LogP contribution in [0, 0.1) is 0 Å². The molecule has 168 valence electrons. The topological polar surface area (TPSA) is 76.4 Å². The first kappa shape index (κ1) is 28.7. The molecule has 6 heteroatoms. The predicted molar refractivity (Wildman–Crippen MR) is 121 cm³/mol. The molecule has 0 saturated carbocycles. The standard InChI is InChI=1S/C21H45N3.CH2O3/c1-6-7-8-9-10-11-12-13-14-15-16-17-18-19-20-22-21(23(2)3)24(4)5;2-1(3)4/h6-20H2,1-5H3;(H2,2,3,4). The van der Waals surface area contributed by atoms with E-state index in [1.165, 1.54) is 89.9 Å². The molecule has 0 radical (unpaired) electrons. The first-order valence-corrected chi connectivity index (χ1v) is 11.1. The van der Waals surface area contributed by atoms with Crippen LogP contribution in [0.3, 0.4) is 0 Å².